The lowest BCUT2D eigenvalue weighted by molar-refractivity contribution is 0.0955. The van der Waals surface area contributed by atoms with Gasteiger partial charge in [0.25, 0.3) is 5.91 Å². The molecule has 82 valence electrons. The van der Waals surface area contributed by atoms with Crippen molar-refractivity contribution in [2.75, 3.05) is 6.54 Å². The van der Waals surface area contributed by atoms with Crippen molar-refractivity contribution in [2.45, 2.75) is 6.92 Å². The molecule has 1 rings (SSSR count). The van der Waals surface area contributed by atoms with Crippen LogP contribution in [0, 0.1) is 5.92 Å². The highest BCUT2D eigenvalue weighted by atomic mass is 32.1. The van der Waals surface area contributed by atoms with Crippen LogP contribution in [-0.4, -0.2) is 28.5 Å². The molecule has 15 heavy (non-hydrogen) atoms. The van der Waals surface area contributed by atoms with E-state index < -0.39 is 0 Å². The van der Waals surface area contributed by atoms with Crippen molar-refractivity contribution in [2.24, 2.45) is 16.8 Å². The third-order valence-corrected chi connectivity index (χ3v) is 2.62. The van der Waals surface area contributed by atoms with Gasteiger partial charge in [0, 0.05) is 12.5 Å². The normalized spacial score (nSPS) is 13.5. The molecule has 1 atom stereocenters. The Morgan fingerprint density at radius 3 is 3.13 bits per heavy atom. The summed E-state index contributed by atoms with van der Waals surface area (Å²) in [6, 6.07) is 0. The zero-order chi connectivity index (χ0) is 11.3. The van der Waals surface area contributed by atoms with Crippen LogP contribution in [0.25, 0.3) is 0 Å². The lowest BCUT2D eigenvalue weighted by Gasteiger charge is -2.09. The summed E-state index contributed by atoms with van der Waals surface area (Å²) in [5.74, 6) is -0.304. The molecule has 0 aliphatic carbocycles. The molecule has 6 nitrogen and oxygen atoms in total. The molecule has 0 bridgehead atoms. The quantitative estimate of drug-likeness (QED) is 0.298. The predicted octanol–water partition coefficient (Wildman–Crippen LogP) is 0.255. The molecular weight excluding hydrogens is 216 g/mol. The molecule has 1 aromatic heterocycles. The van der Waals surface area contributed by atoms with E-state index in [0.29, 0.717) is 11.4 Å². The summed E-state index contributed by atoms with van der Waals surface area (Å²) in [6.07, 6.45) is 1.49. The van der Waals surface area contributed by atoms with E-state index >= 15 is 0 Å². The first-order valence-electron chi connectivity index (χ1n) is 4.29. The van der Waals surface area contributed by atoms with Gasteiger partial charge >= 0.3 is 0 Å². The zero-order valence-electron chi connectivity index (χ0n) is 8.17. The van der Waals surface area contributed by atoms with Crippen molar-refractivity contribution in [3.8, 4) is 0 Å². The fourth-order valence-corrected chi connectivity index (χ4v) is 1.40. The SMILES string of the molecule is CC(CNC(=O)c1cncs1)C(N)=NO. The number of carbonyl (C=O) groups excluding carboxylic acids is 1. The van der Waals surface area contributed by atoms with E-state index in [-0.39, 0.29) is 17.7 Å². The summed E-state index contributed by atoms with van der Waals surface area (Å²) in [7, 11) is 0. The highest BCUT2D eigenvalue weighted by molar-refractivity contribution is 7.11. The van der Waals surface area contributed by atoms with Gasteiger partial charge in [-0.05, 0) is 0 Å². The zero-order valence-corrected chi connectivity index (χ0v) is 8.99. The predicted molar refractivity (Wildman–Crippen MR) is 57.0 cm³/mol. The summed E-state index contributed by atoms with van der Waals surface area (Å²) >= 11 is 1.26. The van der Waals surface area contributed by atoms with Gasteiger partial charge in [-0.2, -0.15) is 0 Å². The first-order valence-corrected chi connectivity index (χ1v) is 5.17. The van der Waals surface area contributed by atoms with Gasteiger partial charge in [-0.25, -0.2) is 0 Å². The van der Waals surface area contributed by atoms with E-state index in [1.165, 1.54) is 17.5 Å². The molecule has 1 unspecified atom stereocenters. The second-order valence-electron chi connectivity index (χ2n) is 3.00. The highest BCUT2D eigenvalue weighted by Gasteiger charge is 2.11. The third-order valence-electron chi connectivity index (χ3n) is 1.85. The fraction of sp³-hybridized carbons (Fsp3) is 0.375. The number of thiazole rings is 1. The number of carbonyl (C=O) groups is 1. The smallest absolute Gasteiger partial charge is 0.263 e. The Morgan fingerprint density at radius 2 is 2.60 bits per heavy atom. The Balaban J connectivity index is 2.41. The molecule has 0 aromatic carbocycles. The molecule has 0 aliphatic heterocycles. The molecule has 4 N–H and O–H groups in total. The Labute approximate surface area is 90.8 Å². The first-order chi connectivity index (χ1) is 7.15. The topological polar surface area (TPSA) is 101 Å². The number of aromatic nitrogens is 1. The van der Waals surface area contributed by atoms with Gasteiger partial charge in [0.2, 0.25) is 0 Å². The maximum Gasteiger partial charge on any atom is 0.263 e. The summed E-state index contributed by atoms with van der Waals surface area (Å²) < 4.78 is 0. The molecule has 7 heteroatoms. The molecule has 1 amide bonds. The summed E-state index contributed by atoms with van der Waals surface area (Å²) in [6.45, 7) is 2.08. The molecule has 0 aliphatic rings. The number of amidine groups is 1. The van der Waals surface area contributed by atoms with Crippen molar-refractivity contribution < 1.29 is 10.0 Å². The lowest BCUT2D eigenvalue weighted by Crippen LogP contribution is -2.34. The average Bonchev–Trinajstić information content (AvgIpc) is 2.77. The van der Waals surface area contributed by atoms with Crippen molar-refractivity contribution in [1.82, 2.24) is 10.3 Å². The molecule has 0 saturated carbocycles. The minimum absolute atomic E-state index is 0.0969. The van der Waals surface area contributed by atoms with Crippen LogP contribution in [0.3, 0.4) is 0 Å². The van der Waals surface area contributed by atoms with Crippen LogP contribution < -0.4 is 11.1 Å². The standard InChI is InChI=1S/C8H12N4O2S/c1-5(7(9)12-14)2-11-8(13)6-3-10-4-15-6/h3-5,14H,2H2,1H3,(H2,9,12)(H,11,13). The number of nitrogens with two attached hydrogens (primary N) is 1. The molecule has 1 heterocycles. The maximum atomic E-state index is 11.4. The maximum absolute atomic E-state index is 11.4. The van der Waals surface area contributed by atoms with Crippen molar-refractivity contribution >= 4 is 23.1 Å². The van der Waals surface area contributed by atoms with E-state index in [1.54, 1.807) is 12.4 Å². The van der Waals surface area contributed by atoms with E-state index in [2.05, 4.69) is 15.5 Å². The Morgan fingerprint density at radius 1 is 1.87 bits per heavy atom. The van der Waals surface area contributed by atoms with Crippen LogP contribution in [-0.2, 0) is 0 Å². The van der Waals surface area contributed by atoms with Gasteiger partial charge in [0.15, 0.2) is 0 Å². The monoisotopic (exact) mass is 228 g/mol. The number of oxime groups is 1. The van der Waals surface area contributed by atoms with Gasteiger partial charge in [-0.3, -0.25) is 9.78 Å². The number of rotatable bonds is 4. The first kappa shape index (κ1) is 11.4. The van der Waals surface area contributed by atoms with Crippen molar-refractivity contribution in [3.05, 3.63) is 16.6 Å². The van der Waals surface area contributed by atoms with E-state index in [4.69, 9.17) is 10.9 Å². The average molecular weight is 228 g/mol. The molecule has 0 spiro atoms. The van der Waals surface area contributed by atoms with Gasteiger partial charge < -0.3 is 16.3 Å². The number of amides is 1. The van der Waals surface area contributed by atoms with Gasteiger partial charge in [0.05, 0.1) is 11.7 Å². The van der Waals surface area contributed by atoms with Crippen LogP contribution in [0.4, 0.5) is 0 Å². The van der Waals surface area contributed by atoms with Gasteiger partial charge in [-0.15, -0.1) is 11.3 Å². The summed E-state index contributed by atoms with van der Waals surface area (Å²) in [5.41, 5.74) is 6.95. The molecule has 0 fully saturated rings. The third kappa shape index (κ3) is 3.21. The Hall–Kier alpha value is -1.63. The van der Waals surface area contributed by atoms with Crippen LogP contribution in [0.1, 0.15) is 16.6 Å². The largest absolute Gasteiger partial charge is 0.409 e. The molecular formula is C8H12N4O2S. The van der Waals surface area contributed by atoms with Crippen LogP contribution in [0.2, 0.25) is 0 Å². The molecule has 1 aromatic rings. The number of nitrogens with zero attached hydrogens (tertiary/aromatic N) is 2. The highest BCUT2D eigenvalue weighted by Crippen LogP contribution is 2.04. The number of hydrogen-bond acceptors (Lipinski definition) is 5. The second-order valence-corrected chi connectivity index (χ2v) is 3.89. The van der Waals surface area contributed by atoms with E-state index in [0.717, 1.165) is 0 Å². The minimum Gasteiger partial charge on any atom is -0.409 e. The van der Waals surface area contributed by atoms with Crippen molar-refractivity contribution in [3.63, 3.8) is 0 Å². The van der Waals surface area contributed by atoms with Gasteiger partial charge in [0.1, 0.15) is 10.7 Å². The summed E-state index contributed by atoms with van der Waals surface area (Å²) in [4.78, 5) is 15.8. The number of hydrogen-bond donors (Lipinski definition) is 3. The Bertz CT molecular complexity index is 350. The minimum atomic E-state index is -0.202. The van der Waals surface area contributed by atoms with Crippen LogP contribution in [0.15, 0.2) is 16.9 Å². The lowest BCUT2D eigenvalue weighted by atomic mass is 10.1. The van der Waals surface area contributed by atoms with Crippen LogP contribution in [0.5, 0.6) is 0 Å². The van der Waals surface area contributed by atoms with E-state index in [1.807, 2.05) is 0 Å². The van der Waals surface area contributed by atoms with Crippen molar-refractivity contribution in [1.29, 1.82) is 0 Å². The molecule has 0 saturated heterocycles. The van der Waals surface area contributed by atoms with Gasteiger partial charge in [-0.1, -0.05) is 12.1 Å². The number of nitrogens with one attached hydrogen (secondary N) is 1. The fourth-order valence-electron chi connectivity index (χ4n) is 0.864. The molecule has 0 radical (unpaired) electrons. The summed E-state index contributed by atoms with van der Waals surface area (Å²) in [5, 5.41) is 13.9. The Kier molecular flexibility index (Phi) is 4.04. The van der Waals surface area contributed by atoms with Crippen LogP contribution >= 0.6 is 11.3 Å². The second kappa shape index (κ2) is 5.30. The van der Waals surface area contributed by atoms with E-state index in [9.17, 15) is 4.79 Å².